The first kappa shape index (κ1) is 24.5. The average Bonchev–Trinajstić information content (AvgIpc) is 2.47. The van der Waals surface area contributed by atoms with Crippen LogP contribution in [-0.4, -0.2) is 44.9 Å². The van der Waals surface area contributed by atoms with Gasteiger partial charge in [-0.3, -0.25) is 13.6 Å². The van der Waals surface area contributed by atoms with Gasteiger partial charge >= 0.3 is 7.82 Å². The second kappa shape index (κ2) is 14.6. The molecule has 0 N–H and O–H groups in total. The first-order valence-electron chi connectivity index (χ1n) is 5.50. The lowest BCUT2D eigenvalue weighted by Gasteiger charge is -2.21. The van der Waals surface area contributed by atoms with Gasteiger partial charge in [0.15, 0.2) is 0 Å². The van der Waals surface area contributed by atoms with Crippen molar-refractivity contribution in [2.75, 3.05) is 33.1 Å². The standard InChI is InChI=1S/C9H15I6O4P/c10-1-7(13)4-17-20(16,18-5-8(14)2-11)19-6-9(15)3-12/h7-9H,1-6H2. The number of hydrogen-bond donors (Lipinski definition) is 0. The Morgan fingerprint density at radius 1 is 0.700 bits per heavy atom. The molecule has 0 rings (SSSR count). The van der Waals surface area contributed by atoms with Gasteiger partial charge in [-0.2, -0.15) is 0 Å². The molecule has 0 saturated heterocycles. The summed E-state index contributed by atoms with van der Waals surface area (Å²) >= 11 is 13.7. The van der Waals surface area contributed by atoms with Crippen molar-refractivity contribution in [1.29, 1.82) is 0 Å². The lowest BCUT2D eigenvalue weighted by molar-refractivity contribution is 0.119. The van der Waals surface area contributed by atoms with Crippen LogP contribution in [0, 0.1) is 0 Å². The molecule has 0 radical (unpaired) electrons. The van der Waals surface area contributed by atoms with Gasteiger partial charge in [0.2, 0.25) is 0 Å². The van der Waals surface area contributed by atoms with E-state index in [1.54, 1.807) is 0 Å². The number of rotatable bonds is 12. The largest absolute Gasteiger partial charge is 0.474 e. The van der Waals surface area contributed by atoms with Gasteiger partial charge in [-0.05, 0) is 0 Å². The zero-order valence-corrected chi connectivity index (χ0v) is 24.2. The Morgan fingerprint density at radius 3 is 1.15 bits per heavy atom. The van der Waals surface area contributed by atoms with Crippen LogP contribution in [0.15, 0.2) is 0 Å². The average molecular weight is 980 g/mol. The molecule has 0 aliphatic heterocycles. The van der Waals surface area contributed by atoms with Gasteiger partial charge in [-0.15, -0.1) is 0 Å². The quantitative estimate of drug-likeness (QED) is 0.140. The first-order valence-corrected chi connectivity index (χ1v) is 15.3. The Hall–Kier alpha value is 4.49. The van der Waals surface area contributed by atoms with Gasteiger partial charge in [-0.25, -0.2) is 4.57 Å². The van der Waals surface area contributed by atoms with Crippen LogP contribution in [-0.2, 0) is 18.1 Å². The SMILES string of the molecule is O=P(OCC(I)CI)(OCC(I)CI)OCC(I)CI. The summed E-state index contributed by atoms with van der Waals surface area (Å²) in [7, 11) is -3.44. The van der Waals surface area contributed by atoms with E-state index in [0.717, 1.165) is 13.3 Å². The van der Waals surface area contributed by atoms with Gasteiger partial charge in [-0.1, -0.05) is 136 Å². The highest BCUT2D eigenvalue weighted by atomic mass is 127. The van der Waals surface area contributed by atoms with E-state index < -0.39 is 7.82 Å². The first-order chi connectivity index (χ1) is 9.36. The maximum atomic E-state index is 12.6. The van der Waals surface area contributed by atoms with Gasteiger partial charge < -0.3 is 0 Å². The van der Waals surface area contributed by atoms with E-state index in [2.05, 4.69) is 136 Å². The Balaban J connectivity index is 4.45. The molecule has 0 aromatic rings. The molecule has 3 atom stereocenters. The molecule has 3 unspecified atom stereocenters. The van der Waals surface area contributed by atoms with E-state index in [-0.39, 0.29) is 0 Å². The third kappa shape index (κ3) is 12.8. The Labute approximate surface area is 202 Å². The Bertz CT molecular complexity index is 255. The highest BCUT2D eigenvalue weighted by molar-refractivity contribution is 14.1. The third-order valence-corrected chi connectivity index (χ3v) is 13.8. The maximum Gasteiger partial charge on any atom is 0.474 e. The molecule has 11 heteroatoms. The summed E-state index contributed by atoms with van der Waals surface area (Å²) in [4.78, 5) is 0. The van der Waals surface area contributed by atoms with Crippen LogP contribution >= 0.6 is 143 Å². The molecule has 0 saturated carbocycles. The summed E-state index contributed by atoms with van der Waals surface area (Å²) in [5.74, 6) is 0. The molecule has 0 aromatic carbocycles. The predicted octanol–water partition coefficient (Wildman–Crippen LogP) is 5.86. The van der Waals surface area contributed by atoms with Crippen LogP contribution in [0.3, 0.4) is 0 Å². The van der Waals surface area contributed by atoms with E-state index in [1.165, 1.54) is 0 Å². The Kier molecular flexibility index (Phi) is 17.9. The molecule has 122 valence electrons. The summed E-state index contributed by atoms with van der Waals surface area (Å²) in [5, 5.41) is 0. The smallest absolute Gasteiger partial charge is 0.286 e. The molecule has 0 aromatic heterocycles. The minimum Gasteiger partial charge on any atom is -0.286 e. The lowest BCUT2D eigenvalue weighted by Crippen LogP contribution is -2.16. The van der Waals surface area contributed by atoms with Crippen molar-refractivity contribution in [3.05, 3.63) is 0 Å². The van der Waals surface area contributed by atoms with Gasteiger partial charge in [0.1, 0.15) is 0 Å². The molecule has 0 fully saturated rings. The fourth-order valence-corrected chi connectivity index (χ4v) is 4.23. The second-order valence-corrected chi connectivity index (χ2v) is 13.2. The molecule has 0 heterocycles. The van der Waals surface area contributed by atoms with Crippen molar-refractivity contribution in [3.63, 3.8) is 0 Å². The summed E-state index contributed by atoms with van der Waals surface area (Å²) in [6.07, 6.45) is 0. The molecular weight excluding hydrogens is 964 g/mol. The molecule has 20 heavy (non-hydrogen) atoms. The van der Waals surface area contributed by atoms with E-state index in [0.29, 0.717) is 31.6 Å². The minimum absolute atomic E-state index is 0.300. The molecule has 0 bridgehead atoms. The summed E-state index contributed by atoms with van der Waals surface area (Å²) in [6, 6.07) is 0. The number of phosphoric acid groups is 1. The summed E-state index contributed by atoms with van der Waals surface area (Å²) in [5.41, 5.74) is 0. The zero-order valence-electron chi connectivity index (χ0n) is 10.3. The zero-order chi connectivity index (χ0) is 15.6. The number of halogens is 6. The highest BCUT2D eigenvalue weighted by Crippen LogP contribution is 2.50. The van der Waals surface area contributed by atoms with E-state index in [4.69, 9.17) is 13.6 Å². The van der Waals surface area contributed by atoms with Crippen LogP contribution in [0.5, 0.6) is 0 Å². The van der Waals surface area contributed by atoms with E-state index in [1.807, 2.05) is 0 Å². The third-order valence-electron chi connectivity index (χ3n) is 1.74. The molecular formula is C9H15I6O4P. The van der Waals surface area contributed by atoms with Crippen LogP contribution in [0.25, 0.3) is 0 Å². The van der Waals surface area contributed by atoms with Crippen molar-refractivity contribution in [3.8, 4) is 0 Å². The van der Waals surface area contributed by atoms with Gasteiger partial charge in [0.05, 0.1) is 19.8 Å². The number of phosphoric ester groups is 1. The van der Waals surface area contributed by atoms with Gasteiger partial charge in [0, 0.05) is 25.1 Å². The fraction of sp³-hybridized carbons (Fsp3) is 1.00. The van der Waals surface area contributed by atoms with E-state index >= 15 is 0 Å². The molecule has 0 spiro atoms. The molecule has 0 amide bonds. The van der Waals surface area contributed by atoms with Gasteiger partial charge in [0.25, 0.3) is 0 Å². The van der Waals surface area contributed by atoms with Crippen molar-refractivity contribution in [2.24, 2.45) is 0 Å². The second-order valence-electron chi connectivity index (χ2n) is 3.59. The Morgan fingerprint density at radius 2 is 0.950 bits per heavy atom. The van der Waals surface area contributed by atoms with Crippen LogP contribution in [0.1, 0.15) is 0 Å². The highest BCUT2D eigenvalue weighted by Gasteiger charge is 2.29. The number of hydrogen-bond acceptors (Lipinski definition) is 4. The fourth-order valence-electron chi connectivity index (χ4n) is 0.762. The molecule has 0 aliphatic carbocycles. The van der Waals surface area contributed by atoms with Crippen LogP contribution < -0.4 is 0 Å². The minimum atomic E-state index is -3.44. The van der Waals surface area contributed by atoms with Crippen molar-refractivity contribution >= 4 is 143 Å². The number of alkyl halides is 6. The topological polar surface area (TPSA) is 44.8 Å². The van der Waals surface area contributed by atoms with Crippen LogP contribution in [0.2, 0.25) is 0 Å². The normalized spacial score (nSPS) is 19.3. The van der Waals surface area contributed by atoms with Crippen molar-refractivity contribution in [1.82, 2.24) is 0 Å². The molecule has 4 nitrogen and oxygen atoms in total. The predicted molar refractivity (Wildman–Crippen MR) is 136 cm³/mol. The summed E-state index contributed by atoms with van der Waals surface area (Å²) in [6.45, 7) is 1.15. The molecule has 0 aliphatic rings. The van der Waals surface area contributed by atoms with Crippen molar-refractivity contribution in [2.45, 2.75) is 11.8 Å². The van der Waals surface area contributed by atoms with E-state index in [9.17, 15) is 4.57 Å². The van der Waals surface area contributed by atoms with Crippen molar-refractivity contribution < 1.29 is 18.1 Å². The summed E-state index contributed by atoms with van der Waals surface area (Å²) < 4.78 is 32.7. The monoisotopic (exact) mass is 979 g/mol. The van der Waals surface area contributed by atoms with Crippen LogP contribution in [0.4, 0.5) is 0 Å². The lowest BCUT2D eigenvalue weighted by atomic mass is 10.5. The maximum absolute atomic E-state index is 12.6.